The van der Waals surface area contributed by atoms with Gasteiger partial charge < -0.3 is 10.6 Å². The Bertz CT molecular complexity index is 520. The first-order valence-electron chi connectivity index (χ1n) is 7.81. The van der Waals surface area contributed by atoms with E-state index in [-0.39, 0.29) is 18.1 Å². The van der Waals surface area contributed by atoms with Crippen molar-refractivity contribution in [3.63, 3.8) is 0 Å². The molecule has 0 bridgehead atoms. The van der Waals surface area contributed by atoms with E-state index in [0.717, 1.165) is 18.5 Å². The van der Waals surface area contributed by atoms with E-state index in [9.17, 15) is 4.79 Å². The maximum atomic E-state index is 12.5. The van der Waals surface area contributed by atoms with Crippen molar-refractivity contribution in [3.05, 3.63) is 29.3 Å². The Morgan fingerprint density at radius 2 is 2.00 bits per heavy atom. The number of carbonyl (C=O) groups is 1. The van der Waals surface area contributed by atoms with Gasteiger partial charge in [0.1, 0.15) is 12.2 Å². The highest BCUT2D eigenvalue weighted by atomic mass is 35.5. The first-order chi connectivity index (χ1) is 10.7. The first kappa shape index (κ1) is 15.6. The number of rotatable bonds is 4. The molecule has 1 aromatic rings. The van der Waals surface area contributed by atoms with Crippen molar-refractivity contribution in [2.45, 2.75) is 50.4 Å². The first-order valence-corrected chi connectivity index (χ1v) is 8.19. The summed E-state index contributed by atoms with van der Waals surface area (Å²) < 4.78 is 0. The highest BCUT2D eigenvalue weighted by molar-refractivity contribution is 6.30. The van der Waals surface area contributed by atoms with Gasteiger partial charge in [0.15, 0.2) is 0 Å². The van der Waals surface area contributed by atoms with Crippen LogP contribution < -0.4 is 27.0 Å². The molecule has 5 N–H and O–H groups in total. The molecule has 1 saturated heterocycles. The van der Waals surface area contributed by atoms with Crippen molar-refractivity contribution in [1.82, 2.24) is 21.7 Å². The third-order valence-corrected chi connectivity index (χ3v) is 4.40. The predicted octanol–water partition coefficient (Wildman–Crippen LogP) is 1.51. The van der Waals surface area contributed by atoms with Gasteiger partial charge in [0, 0.05) is 16.8 Å². The molecule has 1 aliphatic carbocycles. The van der Waals surface area contributed by atoms with Crippen molar-refractivity contribution in [3.8, 4) is 0 Å². The third-order valence-electron chi connectivity index (χ3n) is 4.17. The Labute approximate surface area is 135 Å². The molecule has 6 nitrogen and oxygen atoms in total. The van der Waals surface area contributed by atoms with E-state index < -0.39 is 0 Å². The fourth-order valence-electron chi connectivity index (χ4n) is 3.00. The van der Waals surface area contributed by atoms with Gasteiger partial charge in [-0.3, -0.25) is 4.79 Å². The Morgan fingerprint density at radius 1 is 1.18 bits per heavy atom. The topological polar surface area (TPSA) is 77.2 Å². The molecule has 120 valence electrons. The zero-order valence-electron chi connectivity index (χ0n) is 12.4. The van der Waals surface area contributed by atoms with Gasteiger partial charge in [-0.1, -0.05) is 36.9 Å². The van der Waals surface area contributed by atoms with Crippen LogP contribution in [-0.4, -0.2) is 24.2 Å². The minimum atomic E-state index is -0.388. The minimum absolute atomic E-state index is 0.00364. The van der Waals surface area contributed by atoms with Crippen LogP contribution in [0, 0.1) is 0 Å². The number of halogens is 1. The Balaban J connectivity index is 1.58. The van der Waals surface area contributed by atoms with Gasteiger partial charge in [-0.05, 0) is 31.0 Å². The summed E-state index contributed by atoms with van der Waals surface area (Å²) in [5.74, 6) is 0.00364. The lowest BCUT2D eigenvalue weighted by Crippen LogP contribution is -2.53. The molecule has 2 atom stereocenters. The SMILES string of the molecule is O=C(NC1CCCCC1)C1NNNC1Nc1cccc(Cl)c1. The molecule has 1 aromatic carbocycles. The largest absolute Gasteiger partial charge is 0.367 e. The van der Waals surface area contributed by atoms with Crippen molar-refractivity contribution in [1.29, 1.82) is 0 Å². The molecular weight excluding hydrogens is 302 g/mol. The van der Waals surface area contributed by atoms with Gasteiger partial charge in [-0.25, -0.2) is 10.9 Å². The van der Waals surface area contributed by atoms with Crippen LogP contribution in [0.3, 0.4) is 0 Å². The smallest absolute Gasteiger partial charge is 0.242 e. The number of hydrogen-bond acceptors (Lipinski definition) is 5. The van der Waals surface area contributed by atoms with Crippen LogP contribution in [0.2, 0.25) is 5.02 Å². The van der Waals surface area contributed by atoms with E-state index >= 15 is 0 Å². The summed E-state index contributed by atoms with van der Waals surface area (Å²) >= 11 is 5.99. The van der Waals surface area contributed by atoms with Gasteiger partial charge in [0.05, 0.1) is 0 Å². The van der Waals surface area contributed by atoms with Crippen molar-refractivity contribution in [2.75, 3.05) is 5.32 Å². The Kier molecular flexibility index (Phi) is 5.15. The summed E-state index contributed by atoms with van der Waals surface area (Å²) in [5, 5.41) is 7.07. The molecule has 2 unspecified atom stereocenters. The number of anilines is 1. The highest BCUT2D eigenvalue weighted by Gasteiger charge is 2.33. The quantitative estimate of drug-likeness (QED) is 0.580. The highest BCUT2D eigenvalue weighted by Crippen LogP contribution is 2.19. The van der Waals surface area contributed by atoms with Gasteiger partial charge in [0.2, 0.25) is 5.91 Å². The van der Waals surface area contributed by atoms with E-state index in [1.165, 1.54) is 19.3 Å². The molecule has 3 rings (SSSR count). The van der Waals surface area contributed by atoms with E-state index in [1.54, 1.807) is 0 Å². The van der Waals surface area contributed by atoms with Crippen molar-refractivity contribution in [2.24, 2.45) is 0 Å². The van der Waals surface area contributed by atoms with E-state index in [0.29, 0.717) is 11.1 Å². The zero-order chi connectivity index (χ0) is 15.4. The molecule has 1 aliphatic heterocycles. The molecular formula is C15H22ClN5O. The van der Waals surface area contributed by atoms with E-state index in [2.05, 4.69) is 27.0 Å². The molecule has 1 amide bonds. The zero-order valence-corrected chi connectivity index (χ0v) is 13.1. The average molecular weight is 324 g/mol. The molecule has 1 heterocycles. The van der Waals surface area contributed by atoms with E-state index in [4.69, 9.17) is 11.6 Å². The molecule has 1 saturated carbocycles. The number of benzene rings is 1. The van der Waals surface area contributed by atoms with Crippen LogP contribution in [0.25, 0.3) is 0 Å². The van der Waals surface area contributed by atoms with Crippen LogP contribution in [-0.2, 0) is 4.79 Å². The summed E-state index contributed by atoms with van der Waals surface area (Å²) in [4.78, 5) is 12.5. The summed E-state index contributed by atoms with van der Waals surface area (Å²) in [6.07, 6.45) is 5.57. The van der Waals surface area contributed by atoms with Crippen LogP contribution in [0.15, 0.2) is 24.3 Å². The third kappa shape index (κ3) is 3.89. The monoisotopic (exact) mass is 323 g/mol. The predicted molar refractivity (Wildman–Crippen MR) is 87.1 cm³/mol. The fourth-order valence-corrected chi connectivity index (χ4v) is 3.19. The van der Waals surface area contributed by atoms with Crippen molar-refractivity contribution >= 4 is 23.2 Å². The van der Waals surface area contributed by atoms with Crippen LogP contribution in [0.1, 0.15) is 32.1 Å². The lowest BCUT2D eigenvalue weighted by Gasteiger charge is -2.26. The summed E-state index contributed by atoms with van der Waals surface area (Å²) in [6.45, 7) is 0. The maximum absolute atomic E-state index is 12.5. The van der Waals surface area contributed by atoms with Crippen LogP contribution >= 0.6 is 11.6 Å². The van der Waals surface area contributed by atoms with Gasteiger partial charge in [-0.2, -0.15) is 5.53 Å². The lowest BCUT2D eigenvalue weighted by molar-refractivity contribution is -0.124. The summed E-state index contributed by atoms with van der Waals surface area (Å²) in [7, 11) is 0. The maximum Gasteiger partial charge on any atom is 0.242 e. The number of hydrazine groups is 2. The number of nitrogens with one attached hydrogen (secondary N) is 5. The average Bonchev–Trinajstić information content (AvgIpc) is 2.96. The molecule has 2 fully saturated rings. The summed E-state index contributed by atoms with van der Waals surface area (Å²) in [5.41, 5.74) is 9.66. The van der Waals surface area contributed by atoms with Crippen LogP contribution in [0.5, 0.6) is 0 Å². The van der Waals surface area contributed by atoms with Gasteiger partial charge in [0.25, 0.3) is 0 Å². The Hall–Kier alpha value is -1.34. The van der Waals surface area contributed by atoms with Crippen molar-refractivity contribution < 1.29 is 4.79 Å². The molecule has 0 radical (unpaired) electrons. The van der Waals surface area contributed by atoms with Gasteiger partial charge in [-0.15, -0.1) is 0 Å². The standard InChI is InChI=1S/C15H22ClN5O/c16-10-5-4-8-12(9-10)17-14-13(19-21-20-14)15(22)18-11-6-2-1-3-7-11/h4-5,8-9,11,13-14,17,19-21H,1-3,6-7H2,(H,18,22). The second kappa shape index (κ2) is 7.28. The van der Waals surface area contributed by atoms with Gasteiger partial charge >= 0.3 is 0 Å². The van der Waals surface area contributed by atoms with Crippen LogP contribution in [0.4, 0.5) is 5.69 Å². The minimum Gasteiger partial charge on any atom is -0.367 e. The summed E-state index contributed by atoms with van der Waals surface area (Å²) in [6, 6.07) is 7.35. The molecule has 2 aliphatic rings. The fraction of sp³-hybridized carbons (Fsp3) is 0.533. The normalized spacial score (nSPS) is 25.9. The molecule has 22 heavy (non-hydrogen) atoms. The lowest BCUT2D eigenvalue weighted by atomic mass is 9.95. The van der Waals surface area contributed by atoms with E-state index in [1.807, 2.05) is 24.3 Å². The molecule has 0 spiro atoms. The number of carbonyl (C=O) groups excluding carboxylic acids is 1. The second-order valence-corrected chi connectivity index (χ2v) is 6.30. The second-order valence-electron chi connectivity index (χ2n) is 5.87. The Morgan fingerprint density at radius 3 is 2.77 bits per heavy atom. The number of amides is 1. The molecule has 7 heteroatoms. The molecule has 0 aromatic heterocycles. The number of hydrogen-bond donors (Lipinski definition) is 5.